The zero-order valence-electron chi connectivity index (χ0n) is 10.0. The Hall–Kier alpha value is -1.13. The molecule has 4 heteroatoms. The summed E-state index contributed by atoms with van der Waals surface area (Å²) in [6.45, 7) is 5.07. The van der Waals surface area contributed by atoms with Crippen molar-refractivity contribution < 1.29 is 0 Å². The standard InChI is InChI=1S/C13H16BrN3/c1-10(2)15-9-12-7-8-17(16-12)13-5-3-11(14)4-6-13/h3-8,10,15H,9H2,1-2H3. The first kappa shape index (κ1) is 12.3. The van der Waals surface area contributed by atoms with E-state index in [2.05, 4.69) is 40.2 Å². The Kier molecular flexibility index (Phi) is 3.97. The molecule has 0 bridgehead atoms. The van der Waals surface area contributed by atoms with E-state index in [4.69, 9.17) is 0 Å². The highest BCUT2D eigenvalue weighted by atomic mass is 79.9. The average Bonchev–Trinajstić information content (AvgIpc) is 2.76. The molecule has 0 saturated heterocycles. The van der Waals surface area contributed by atoms with Crippen LogP contribution in [-0.2, 0) is 6.54 Å². The molecule has 0 aliphatic heterocycles. The third kappa shape index (κ3) is 3.41. The van der Waals surface area contributed by atoms with Gasteiger partial charge in [0.25, 0.3) is 0 Å². The van der Waals surface area contributed by atoms with Gasteiger partial charge in [0.05, 0.1) is 11.4 Å². The van der Waals surface area contributed by atoms with Crippen molar-refractivity contribution >= 4 is 15.9 Å². The van der Waals surface area contributed by atoms with Crippen LogP contribution in [0, 0.1) is 0 Å². The Morgan fingerprint density at radius 2 is 1.94 bits per heavy atom. The molecule has 0 atom stereocenters. The number of aromatic nitrogens is 2. The Bertz CT molecular complexity index is 474. The number of nitrogens with zero attached hydrogens (tertiary/aromatic N) is 2. The Labute approximate surface area is 110 Å². The van der Waals surface area contributed by atoms with E-state index in [0.29, 0.717) is 6.04 Å². The molecule has 1 N–H and O–H groups in total. The Morgan fingerprint density at radius 3 is 2.59 bits per heavy atom. The number of halogens is 1. The van der Waals surface area contributed by atoms with Gasteiger partial charge in [-0.25, -0.2) is 4.68 Å². The molecule has 3 nitrogen and oxygen atoms in total. The molecule has 0 radical (unpaired) electrons. The molecule has 0 aliphatic carbocycles. The maximum Gasteiger partial charge on any atom is 0.0766 e. The van der Waals surface area contributed by atoms with Crippen molar-refractivity contribution in [2.75, 3.05) is 0 Å². The van der Waals surface area contributed by atoms with E-state index in [9.17, 15) is 0 Å². The monoisotopic (exact) mass is 293 g/mol. The van der Waals surface area contributed by atoms with Gasteiger partial charge in [-0.3, -0.25) is 0 Å². The van der Waals surface area contributed by atoms with Gasteiger partial charge in [0.2, 0.25) is 0 Å². The summed E-state index contributed by atoms with van der Waals surface area (Å²) in [5, 5.41) is 7.87. The lowest BCUT2D eigenvalue weighted by molar-refractivity contribution is 0.578. The minimum atomic E-state index is 0.479. The second-order valence-corrected chi connectivity index (χ2v) is 5.18. The van der Waals surface area contributed by atoms with E-state index < -0.39 is 0 Å². The predicted octanol–water partition coefficient (Wildman–Crippen LogP) is 3.13. The van der Waals surface area contributed by atoms with Crippen LogP contribution in [0.5, 0.6) is 0 Å². The predicted molar refractivity (Wildman–Crippen MR) is 73.2 cm³/mol. The van der Waals surface area contributed by atoms with Crippen molar-refractivity contribution in [3.63, 3.8) is 0 Å². The molecule has 0 amide bonds. The van der Waals surface area contributed by atoms with Gasteiger partial charge in [-0.15, -0.1) is 0 Å². The van der Waals surface area contributed by atoms with E-state index in [-0.39, 0.29) is 0 Å². The first-order valence-electron chi connectivity index (χ1n) is 5.69. The second-order valence-electron chi connectivity index (χ2n) is 4.26. The van der Waals surface area contributed by atoms with Crippen molar-refractivity contribution in [3.05, 3.63) is 46.7 Å². The van der Waals surface area contributed by atoms with Crippen molar-refractivity contribution in [1.29, 1.82) is 0 Å². The van der Waals surface area contributed by atoms with E-state index in [1.54, 1.807) is 0 Å². The lowest BCUT2D eigenvalue weighted by atomic mass is 10.3. The molecule has 2 rings (SSSR count). The number of nitrogens with one attached hydrogen (secondary N) is 1. The SMILES string of the molecule is CC(C)NCc1ccn(-c2ccc(Br)cc2)n1. The molecule has 1 aromatic heterocycles. The summed E-state index contributed by atoms with van der Waals surface area (Å²) in [5.74, 6) is 0. The van der Waals surface area contributed by atoms with Crippen molar-refractivity contribution in [2.24, 2.45) is 0 Å². The average molecular weight is 294 g/mol. The smallest absolute Gasteiger partial charge is 0.0766 e. The molecule has 1 aromatic carbocycles. The van der Waals surface area contributed by atoms with Crippen LogP contribution in [0.1, 0.15) is 19.5 Å². The molecule has 1 heterocycles. The highest BCUT2D eigenvalue weighted by molar-refractivity contribution is 9.10. The zero-order valence-corrected chi connectivity index (χ0v) is 11.6. The van der Waals surface area contributed by atoms with Gasteiger partial charge >= 0.3 is 0 Å². The number of rotatable bonds is 4. The first-order valence-corrected chi connectivity index (χ1v) is 6.48. The van der Waals surface area contributed by atoms with Crippen LogP contribution >= 0.6 is 15.9 Å². The van der Waals surface area contributed by atoms with E-state index in [0.717, 1.165) is 22.4 Å². The van der Waals surface area contributed by atoms with Gasteiger partial charge in [-0.2, -0.15) is 5.10 Å². The van der Waals surface area contributed by atoms with Gasteiger partial charge in [0, 0.05) is 23.3 Å². The Balaban J connectivity index is 2.10. The summed E-state index contributed by atoms with van der Waals surface area (Å²) in [5.41, 5.74) is 2.13. The summed E-state index contributed by atoms with van der Waals surface area (Å²) in [4.78, 5) is 0. The molecule has 90 valence electrons. The fraction of sp³-hybridized carbons (Fsp3) is 0.308. The third-order valence-electron chi connectivity index (χ3n) is 2.43. The zero-order chi connectivity index (χ0) is 12.3. The molecular formula is C13H16BrN3. The fourth-order valence-electron chi connectivity index (χ4n) is 1.50. The van der Waals surface area contributed by atoms with Crippen LogP contribution in [0.2, 0.25) is 0 Å². The molecule has 17 heavy (non-hydrogen) atoms. The molecule has 0 unspecified atom stereocenters. The number of benzene rings is 1. The van der Waals surface area contributed by atoms with Gasteiger partial charge in [-0.1, -0.05) is 29.8 Å². The molecule has 0 spiro atoms. The van der Waals surface area contributed by atoms with Crippen LogP contribution in [0.3, 0.4) is 0 Å². The van der Waals surface area contributed by atoms with E-state index in [1.807, 2.05) is 41.2 Å². The summed E-state index contributed by atoms with van der Waals surface area (Å²) in [6.07, 6.45) is 1.99. The fourth-order valence-corrected chi connectivity index (χ4v) is 1.77. The first-order chi connectivity index (χ1) is 8.15. The Morgan fingerprint density at radius 1 is 1.24 bits per heavy atom. The third-order valence-corrected chi connectivity index (χ3v) is 2.96. The van der Waals surface area contributed by atoms with Crippen molar-refractivity contribution in [3.8, 4) is 5.69 Å². The number of hydrogen-bond acceptors (Lipinski definition) is 2. The van der Waals surface area contributed by atoms with Gasteiger partial charge in [-0.05, 0) is 30.3 Å². The highest BCUT2D eigenvalue weighted by Crippen LogP contribution is 2.13. The minimum Gasteiger partial charge on any atom is -0.309 e. The molecule has 0 fully saturated rings. The van der Waals surface area contributed by atoms with Crippen LogP contribution < -0.4 is 5.32 Å². The van der Waals surface area contributed by atoms with E-state index in [1.165, 1.54) is 0 Å². The maximum absolute atomic E-state index is 4.52. The van der Waals surface area contributed by atoms with Crippen molar-refractivity contribution in [2.45, 2.75) is 26.4 Å². The summed E-state index contributed by atoms with van der Waals surface area (Å²) < 4.78 is 2.97. The molecule has 2 aromatic rings. The minimum absolute atomic E-state index is 0.479. The van der Waals surface area contributed by atoms with Gasteiger partial charge in [0.1, 0.15) is 0 Å². The van der Waals surface area contributed by atoms with E-state index >= 15 is 0 Å². The summed E-state index contributed by atoms with van der Waals surface area (Å²) in [7, 11) is 0. The van der Waals surface area contributed by atoms with Crippen molar-refractivity contribution in [1.82, 2.24) is 15.1 Å². The molecule has 0 saturated carbocycles. The largest absolute Gasteiger partial charge is 0.309 e. The normalized spacial score (nSPS) is 11.1. The molecule has 0 aliphatic rings. The maximum atomic E-state index is 4.52. The lowest BCUT2D eigenvalue weighted by Crippen LogP contribution is -2.22. The highest BCUT2D eigenvalue weighted by Gasteiger charge is 2.01. The summed E-state index contributed by atoms with van der Waals surface area (Å²) >= 11 is 3.42. The van der Waals surface area contributed by atoms with Crippen LogP contribution in [-0.4, -0.2) is 15.8 Å². The molecular weight excluding hydrogens is 278 g/mol. The van der Waals surface area contributed by atoms with Crippen LogP contribution in [0.25, 0.3) is 5.69 Å². The second kappa shape index (κ2) is 5.47. The summed E-state index contributed by atoms with van der Waals surface area (Å²) in [6, 6.07) is 10.6. The van der Waals surface area contributed by atoms with Gasteiger partial charge in [0.15, 0.2) is 0 Å². The topological polar surface area (TPSA) is 29.9 Å². The van der Waals surface area contributed by atoms with Crippen LogP contribution in [0.15, 0.2) is 41.0 Å². The lowest BCUT2D eigenvalue weighted by Gasteiger charge is -2.05. The quantitative estimate of drug-likeness (QED) is 0.939. The van der Waals surface area contributed by atoms with Crippen LogP contribution in [0.4, 0.5) is 0 Å². The van der Waals surface area contributed by atoms with Gasteiger partial charge < -0.3 is 5.32 Å². The number of hydrogen-bond donors (Lipinski definition) is 1.